The third-order valence-corrected chi connectivity index (χ3v) is 8.47. The summed E-state index contributed by atoms with van der Waals surface area (Å²) in [6, 6.07) is 0.220. The second-order valence-electron chi connectivity index (χ2n) is 9.93. The molecular weight excluding hydrogens is 330 g/mol. The highest BCUT2D eigenvalue weighted by Crippen LogP contribution is 2.62. The van der Waals surface area contributed by atoms with Crippen LogP contribution in [-0.2, 0) is 14.3 Å². The van der Waals surface area contributed by atoms with Gasteiger partial charge in [-0.1, -0.05) is 13.3 Å². The van der Waals surface area contributed by atoms with Crippen molar-refractivity contribution in [3.8, 4) is 0 Å². The van der Waals surface area contributed by atoms with Gasteiger partial charge in [0.05, 0.1) is 24.7 Å². The molecule has 5 aliphatic rings. The number of piperidine rings is 1. The first-order valence-electron chi connectivity index (χ1n) is 10.7. The van der Waals surface area contributed by atoms with Gasteiger partial charge in [-0.3, -0.25) is 9.69 Å². The van der Waals surface area contributed by atoms with Gasteiger partial charge in [-0.05, 0) is 62.8 Å². The molecule has 0 aromatic heterocycles. The zero-order valence-corrected chi connectivity index (χ0v) is 16.0. The van der Waals surface area contributed by atoms with Crippen molar-refractivity contribution in [2.75, 3.05) is 26.3 Å². The van der Waals surface area contributed by atoms with Gasteiger partial charge in [-0.25, -0.2) is 0 Å². The van der Waals surface area contributed by atoms with Crippen LogP contribution in [0.5, 0.6) is 0 Å². The van der Waals surface area contributed by atoms with E-state index in [9.17, 15) is 9.90 Å². The molecule has 3 heterocycles. The molecule has 7 atom stereocenters. The Morgan fingerprint density at radius 1 is 1.27 bits per heavy atom. The summed E-state index contributed by atoms with van der Waals surface area (Å²) < 4.78 is 11.9. The maximum Gasteiger partial charge on any atom is 0.310 e. The predicted octanol–water partition coefficient (Wildman–Crippen LogP) is 2.36. The Morgan fingerprint density at radius 3 is 2.88 bits per heavy atom. The van der Waals surface area contributed by atoms with Crippen LogP contribution < -0.4 is 0 Å². The van der Waals surface area contributed by atoms with Crippen molar-refractivity contribution in [1.82, 2.24) is 4.90 Å². The monoisotopic (exact) mass is 363 g/mol. The molecule has 5 nitrogen and oxygen atoms in total. The molecule has 0 radical (unpaired) electrons. The third-order valence-electron chi connectivity index (χ3n) is 8.47. The Bertz CT molecular complexity index is 576. The number of nitrogens with zero attached hydrogens (tertiary/aromatic N) is 1. The Labute approximate surface area is 156 Å². The van der Waals surface area contributed by atoms with Crippen LogP contribution in [-0.4, -0.2) is 60.0 Å². The third kappa shape index (κ3) is 2.65. The number of likely N-dealkylation sites (tertiary alicyclic amines) is 1. The summed E-state index contributed by atoms with van der Waals surface area (Å²) in [5.41, 5.74) is 0.386. The van der Waals surface area contributed by atoms with E-state index in [2.05, 4.69) is 11.8 Å². The van der Waals surface area contributed by atoms with Gasteiger partial charge in [0.25, 0.3) is 0 Å². The predicted molar refractivity (Wildman–Crippen MR) is 96.5 cm³/mol. The summed E-state index contributed by atoms with van der Waals surface area (Å²) >= 11 is 0. The molecule has 0 aromatic carbocycles. The normalized spacial score (nSPS) is 51.0. The van der Waals surface area contributed by atoms with Crippen LogP contribution in [0.1, 0.15) is 58.3 Å². The van der Waals surface area contributed by atoms with Gasteiger partial charge >= 0.3 is 5.97 Å². The first-order valence-corrected chi connectivity index (χ1v) is 10.7. The lowest BCUT2D eigenvalue weighted by atomic mass is 9.53. The van der Waals surface area contributed by atoms with Crippen molar-refractivity contribution >= 4 is 5.97 Å². The molecule has 2 aliphatic carbocycles. The summed E-state index contributed by atoms with van der Waals surface area (Å²) in [7, 11) is 0. The quantitative estimate of drug-likeness (QED) is 0.616. The highest BCUT2D eigenvalue weighted by molar-refractivity contribution is 5.75. The molecule has 0 unspecified atom stereocenters. The van der Waals surface area contributed by atoms with Crippen LogP contribution in [0.4, 0.5) is 0 Å². The molecule has 3 saturated heterocycles. The minimum absolute atomic E-state index is 0.00951. The number of fused-ring (bicyclic) bond motifs is 3. The van der Waals surface area contributed by atoms with E-state index in [1.54, 1.807) is 0 Å². The van der Waals surface area contributed by atoms with E-state index in [1.165, 1.54) is 32.1 Å². The van der Waals surface area contributed by atoms with Gasteiger partial charge in [-0.2, -0.15) is 0 Å². The lowest BCUT2D eigenvalue weighted by Crippen LogP contribution is -2.52. The number of esters is 1. The standard InChI is InChI=1S/C21H33NO4/c1-20-6-4-7-21(13-25-21)18(20)9-15-16(19(24)26-17(15)10-20)11-22-8-3-2-5-14(22)12-23/h14-18,23H,2-13H2,1H3/t14-,15-,16-,17-,18+,20-,21-/m1/s1. The van der Waals surface area contributed by atoms with Crippen LogP contribution in [0.25, 0.3) is 0 Å². The van der Waals surface area contributed by atoms with E-state index >= 15 is 0 Å². The molecule has 5 heteroatoms. The van der Waals surface area contributed by atoms with Crippen molar-refractivity contribution < 1.29 is 19.4 Å². The molecule has 3 aliphatic heterocycles. The number of aliphatic hydroxyl groups is 1. The van der Waals surface area contributed by atoms with Gasteiger partial charge < -0.3 is 14.6 Å². The van der Waals surface area contributed by atoms with Crippen LogP contribution in [0.15, 0.2) is 0 Å². The molecule has 2 saturated carbocycles. The molecule has 146 valence electrons. The number of epoxide rings is 1. The maximum absolute atomic E-state index is 12.8. The van der Waals surface area contributed by atoms with Crippen LogP contribution in [0.2, 0.25) is 0 Å². The molecule has 5 rings (SSSR count). The maximum atomic E-state index is 12.8. The van der Waals surface area contributed by atoms with E-state index in [1.807, 2.05) is 0 Å². The molecule has 26 heavy (non-hydrogen) atoms. The first-order chi connectivity index (χ1) is 12.5. The molecule has 1 spiro atoms. The van der Waals surface area contributed by atoms with E-state index in [0.29, 0.717) is 11.8 Å². The van der Waals surface area contributed by atoms with Crippen molar-refractivity contribution in [2.45, 2.75) is 76.0 Å². The molecule has 0 aromatic rings. The number of carbonyl (C=O) groups is 1. The highest BCUT2D eigenvalue weighted by atomic mass is 16.6. The number of aliphatic hydroxyl groups excluding tert-OH is 1. The van der Waals surface area contributed by atoms with Crippen LogP contribution in [0, 0.1) is 23.2 Å². The number of hydrogen-bond donors (Lipinski definition) is 1. The smallest absolute Gasteiger partial charge is 0.310 e. The molecule has 1 N–H and O–H groups in total. The molecule has 5 fully saturated rings. The Kier molecular flexibility index (Phi) is 4.15. The van der Waals surface area contributed by atoms with Gasteiger partial charge in [0.15, 0.2) is 0 Å². The second-order valence-corrected chi connectivity index (χ2v) is 9.93. The Morgan fingerprint density at radius 2 is 2.12 bits per heavy atom. The van der Waals surface area contributed by atoms with E-state index in [4.69, 9.17) is 9.47 Å². The minimum atomic E-state index is -0.0190. The number of hydrogen-bond acceptors (Lipinski definition) is 5. The van der Waals surface area contributed by atoms with E-state index in [-0.39, 0.29) is 41.7 Å². The average Bonchev–Trinajstić information content (AvgIpc) is 3.33. The van der Waals surface area contributed by atoms with E-state index < -0.39 is 0 Å². The zero-order chi connectivity index (χ0) is 17.9. The van der Waals surface area contributed by atoms with Crippen LogP contribution in [0.3, 0.4) is 0 Å². The lowest BCUT2D eigenvalue weighted by Gasteiger charge is -2.51. The van der Waals surface area contributed by atoms with Crippen LogP contribution >= 0.6 is 0 Å². The van der Waals surface area contributed by atoms with E-state index in [0.717, 1.165) is 39.0 Å². The summed E-state index contributed by atoms with van der Waals surface area (Å²) in [5.74, 6) is 0.905. The number of rotatable bonds is 3. The summed E-state index contributed by atoms with van der Waals surface area (Å²) in [6.45, 7) is 5.30. The highest BCUT2D eigenvalue weighted by Gasteiger charge is 2.65. The summed E-state index contributed by atoms with van der Waals surface area (Å²) in [6.07, 6.45) is 9.27. The zero-order valence-electron chi connectivity index (χ0n) is 16.0. The van der Waals surface area contributed by atoms with Crippen molar-refractivity contribution in [2.24, 2.45) is 23.2 Å². The lowest BCUT2D eigenvalue weighted by molar-refractivity contribution is -0.147. The Balaban J connectivity index is 1.35. The second kappa shape index (κ2) is 6.18. The summed E-state index contributed by atoms with van der Waals surface area (Å²) in [4.78, 5) is 15.1. The first kappa shape index (κ1) is 17.4. The van der Waals surface area contributed by atoms with Gasteiger partial charge in [-0.15, -0.1) is 0 Å². The molecule has 0 bridgehead atoms. The summed E-state index contributed by atoms with van der Waals surface area (Å²) in [5, 5.41) is 9.72. The minimum Gasteiger partial charge on any atom is -0.462 e. The largest absolute Gasteiger partial charge is 0.462 e. The molecular formula is C21H33NO4. The van der Waals surface area contributed by atoms with Gasteiger partial charge in [0.2, 0.25) is 0 Å². The Hall–Kier alpha value is -0.650. The van der Waals surface area contributed by atoms with Crippen molar-refractivity contribution in [3.63, 3.8) is 0 Å². The topological polar surface area (TPSA) is 62.3 Å². The fourth-order valence-corrected chi connectivity index (χ4v) is 6.93. The fourth-order valence-electron chi connectivity index (χ4n) is 6.93. The average molecular weight is 363 g/mol. The van der Waals surface area contributed by atoms with Gasteiger partial charge in [0, 0.05) is 18.5 Å². The number of carbonyl (C=O) groups excluding carboxylic acids is 1. The number of ether oxygens (including phenoxy) is 2. The molecule has 0 amide bonds. The SMILES string of the molecule is C[C@]12CCC[C@@]3(CO3)[C@H]1C[C@H]1[C@@H](C2)OC(=O)[C@@H]1CN1CCCC[C@@H]1CO. The van der Waals surface area contributed by atoms with Gasteiger partial charge in [0.1, 0.15) is 6.10 Å². The van der Waals surface area contributed by atoms with Crippen molar-refractivity contribution in [3.05, 3.63) is 0 Å². The van der Waals surface area contributed by atoms with Crippen molar-refractivity contribution in [1.29, 1.82) is 0 Å². The fraction of sp³-hybridized carbons (Fsp3) is 0.952.